The quantitative estimate of drug-likeness (QED) is 0.754. The fourth-order valence-electron chi connectivity index (χ4n) is 2.70. The van der Waals surface area contributed by atoms with Crippen molar-refractivity contribution in [3.05, 3.63) is 42.5 Å². The van der Waals surface area contributed by atoms with Crippen molar-refractivity contribution in [1.82, 2.24) is 10.6 Å². The van der Waals surface area contributed by atoms with Crippen LogP contribution in [0.5, 0.6) is 5.75 Å². The lowest BCUT2D eigenvalue weighted by molar-refractivity contribution is 0.105. The SMILES string of the molecule is OC(CN[C@@H]1CCNC1)COc1cccc2ccccc12. The third kappa shape index (κ3) is 3.73. The number of rotatable bonds is 6. The number of benzene rings is 2. The predicted molar refractivity (Wildman–Crippen MR) is 84.7 cm³/mol. The van der Waals surface area contributed by atoms with Crippen molar-refractivity contribution in [2.45, 2.75) is 18.6 Å². The van der Waals surface area contributed by atoms with Gasteiger partial charge in [-0.25, -0.2) is 0 Å². The van der Waals surface area contributed by atoms with E-state index < -0.39 is 6.10 Å². The van der Waals surface area contributed by atoms with Gasteiger partial charge in [0.1, 0.15) is 18.5 Å². The second kappa shape index (κ2) is 6.89. The van der Waals surface area contributed by atoms with Crippen molar-refractivity contribution >= 4 is 10.8 Å². The Kier molecular flexibility index (Phi) is 4.70. The molecule has 1 aliphatic heterocycles. The Hall–Kier alpha value is -1.62. The van der Waals surface area contributed by atoms with Crippen LogP contribution < -0.4 is 15.4 Å². The van der Waals surface area contributed by atoms with Crippen LogP contribution in [0, 0.1) is 0 Å². The monoisotopic (exact) mass is 286 g/mol. The highest BCUT2D eigenvalue weighted by Crippen LogP contribution is 2.25. The van der Waals surface area contributed by atoms with Gasteiger partial charge in [0.2, 0.25) is 0 Å². The molecular formula is C17H22N2O2. The molecule has 3 N–H and O–H groups in total. The lowest BCUT2D eigenvalue weighted by Crippen LogP contribution is -2.39. The molecule has 0 radical (unpaired) electrons. The molecule has 0 aromatic heterocycles. The van der Waals surface area contributed by atoms with Crippen LogP contribution in [0.2, 0.25) is 0 Å². The predicted octanol–water partition coefficient (Wildman–Crippen LogP) is 1.53. The van der Waals surface area contributed by atoms with Crippen LogP contribution in [-0.4, -0.2) is 43.5 Å². The van der Waals surface area contributed by atoms with Crippen LogP contribution in [-0.2, 0) is 0 Å². The maximum Gasteiger partial charge on any atom is 0.127 e. The first-order valence-corrected chi connectivity index (χ1v) is 7.55. The highest BCUT2D eigenvalue weighted by Gasteiger charge is 2.15. The molecule has 4 nitrogen and oxygen atoms in total. The summed E-state index contributed by atoms with van der Waals surface area (Å²) >= 11 is 0. The van der Waals surface area contributed by atoms with E-state index in [0.717, 1.165) is 36.0 Å². The Morgan fingerprint density at radius 2 is 2.10 bits per heavy atom. The van der Waals surface area contributed by atoms with Gasteiger partial charge in [-0.15, -0.1) is 0 Å². The van der Waals surface area contributed by atoms with E-state index >= 15 is 0 Å². The van der Waals surface area contributed by atoms with E-state index in [1.165, 1.54) is 0 Å². The zero-order chi connectivity index (χ0) is 14.5. The summed E-state index contributed by atoms with van der Waals surface area (Å²) in [5.41, 5.74) is 0. The molecule has 0 spiro atoms. The average molecular weight is 286 g/mol. The molecule has 0 amide bonds. The lowest BCUT2D eigenvalue weighted by atomic mass is 10.1. The molecule has 1 saturated heterocycles. The molecule has 2 atom stereocenters. The second-order valence-corrected chi connectivity index (χ2v) is 5.54. The summed E-state index contributed by atoms with van der Waals surface area (Å²) in [4.78, 5) is 0. The first-order valence-electron chi connectivity index (χ1n) is 7.55. The zero-order valence-corrected chi connectivity index (χ0v) is 12.1. The van der Waals surface area contributed by atoms with E-state index in [9.17, 15) is 5.11 Å². The first kappa shape index (κ1) is 14.3. The van der Waals surface area contributed by atoms with Crippen molar-refractivity contribution in [3.63, 3.8) is 0 Å². The standard InChI is InChI=1S/C17H22N2O2/c20-15(11-19-14-8-9-18-10-14)12-21-17-7-3-5-13-4-1-2-6-16(13)17/h1-7,14-15,18-20H,8-12H2/t14-,15?/m1/s1. The molecule has 2 aromatic rings. The number of fused-ring (bicyclic) bond motifs is 1. The van der Waals surface area contributed by atoms with Gasteiger partial charge in [0, 0.05) is 24.5 Å². The van der Waals surface area contributed by atoms with E-state index in [2.05, 4.69) is 22.8 Å². The van der Waals surface area contributed by atoms with E-state index in [-0.39, 0.29) is 0 Å². The first-order chi connectivity index (χ1) is 10.3. The molecule has 2 aromatic carbocycles. The minimum absolute atomic E-state index is 0.307. The van der Waals surface area contributed by atoms with Gasteiger partial charge in [-0.3, -0.25) is 0 Å². The smallest absolute Gasteiger partial charge is 0.127 e. The van der Waals surface area contributed by atoms with Gasteiger partial charge in [-0.1, -0.05) is 36.4 Å². The van der Waals surface area contributed by atoms with Crippen LogP contribution in [0.4, 0.5) is 0 Å². The number of aliphatic hydroxyl groups is 1. The summed E-state index contributed by atoms with van der Waals surface area (Å²) in [5.74, 6) is 0.828. The van der Waals surface area contributed by atoms with Crippen LogP contribution in [0.15, 0.2) is 42.5 Å². The molecule has 1 aliphatic rings. The Morgan fingerprint density at radius 1 is 1.24 bits per heavy atom. The maximum atomic E-state index is 10.0. The van der Waals surface area contributed by atoms with Gasteiger partial charge < -0.3 is 20.5 Å². The highest BCUT2D eigenvalue weighted by atomic mass is 16.5. The summed E-state index contributed by atoms with van der Waals surface area (Å²) in [6.07, 6.45) is 0.626. The van der Waals surface area contributed by atoms with Crippen molar-refractivity contribution < 1.29 is 9.84 Å². The van der Waals surface area contributed by atoms with Gasteiger partial charge in [-0.05, 0) is 24.4 Å². The largest absolute Gasteiger partial charge is 0.490 e. The molecule has 1 fully saturated rings. The fraction of sp³-hybridized carbons (Fsp3) is 0.412. The Balaban J connectivity index is 1.53. The number of nitrogens with one attached hydrogen (secondary N) is 2. The second-order valence-electron chi connectivity index (χ2n) is 5.54. The summed E-state index contributed by atoms with van der Waals surface area (Å²) in [6.45, 7) is 2.91. The van der Waals surface area contributed by atoms with Gasteiger partial charge in [0.05, 0.1) is 0 Å². The van der Waals surface area contributed by atoms with Crippen LogP contribution in [0.3, 0.4) is 0 Å². The molecule has 3 rings (SSSR count). The molecule has 1 unspecified atom stereocenters. The molecule has 1 heterocycles. The Labute approximate surface area is 125 Å². The molecule has 21 heavy (non-hydrogen) atoms. The summed E-state index contributed by atoms with van der Waals surface area (Å²) in [7, 11) is 0. The molecule has 112 valence electrons. The van der Waals surface area contributed by atoms with Crippen molar-refractivity contribution in [2.75, 3.05) is 26.2 Å². The van der Waals surface area contributed by atoms with Crippen LogP contribution in [0.1, 0.15) is 6.42 Å². The van der Waals surface area contributed by atoms with Gasteiger partial charge in [-0.2, -0.15) is 0 Å². The summed E-state index contributed by atoms with van der Waals surface area (Å²) in [5, 5.41) is 18.9. The minimum Gasteiger partial charge on any atom is -0.490 e. The van der Waals surface area contributed by atoms with Crippen LogP contribution in [0.25, 0.3) is 10.8 Å². The van der Waals surface area contributed by atoms with Gasteiger partial charge in [0.15, 0.2) is 0 Å². The number of hydrogen-bond donors (Lipinski definition) is 3. The van der Waals surface area contributed by atoms with Crippen molar-refractivity contribution in [1.29, 1.82) is 0 Å². The third-order valence-corrected chi connectivity index (χ3v) is 3.88. The number of hydrogen-bond acceptors (Lipinski definition) is 4. The maximum absolute atomic E-state index is 10.0. The number of aliphatic hydroxyl groups excluding tert-OH is 1. The summed E-state index contributed by atoms with van der Waals surface area (Å²) < 4.78 is 5.79. The van der Waals surface area contributed by atoms with E-state index in [1.807, 2.05) is 30.3 Å². The molecule has 0 bridgehead atoms. The topological polar surface area (TPSA) is 53.5 Å². The molecular weight excluding hydrogens is 264 g/mol. The summed E-state index contributed by atoms with van der Waals surface area (Å²) in [6, 6.07) is 14.6. The van der Waals surface area contributed by atoms with E-state index in [0.29, 0.717) is 19.2 Å². The van der Waals surface area contributed by atoms with E-state index in [1.54, 1.807) is 0 Å². The molecule has 4 heteroatoms. The Bertz CT molecular complexity index is 577. The zero-order valence-electron chi connectivity index (χ0n) is 12.1. The van der Waals surface area contributed by atoms with E-state index in [4.69, 9.17) is 4.74 Å². The van der Waals surface area contributed by atoms with Crippen molar-refractivity contribution in [2.24, 2.45) is 0 Å². The van der Waals surface area contributed by atoms with Crippen LogP contribution >= 0.6 is 0 Å². The third-order valence-electron chi connectivity index (χ3n) is 3.88. The molecule has 0 aliphatic carbocycles. The Morgan fingerprint density at radius 3 is 2.95 bits per heavy atom. The fourth-order valence-corrected chi connectivity index (χ4v) is 2.70. The average Bonchev–Trinajstić information content (AvgIpc) is 3.04. The van der Waals surface area contributed by atoms with Gasteiger partial charge >= 0.3 is 0 Å². The van der Waals surface area contributed by atoms with Crippen molar-refractivity contribution in [3.8, 4) is 5.75 Å². The number of ether oxygens (including phenoxy) is 1. The highest BCUT2D eigenvalue weighted by molar-refractivity contribution is 5.88. The van der Waals surface area contributed by atoms with Gasteiger partial charge in [0.25, 0.3) is 0 Å². The minimum atomic E-state index is -0.496. The normalized spacial score (nSPS) is 19.8. The molecule has 0 saturated carbocycles. The lowest BCUT2D eigenvalue weighted by Gasteiger charge is -2.17.